The summed E-state index contributed by atoms with van der Waals surface area (Å²) >= 11 is 11.8. The highest BCUT2D eigenvalue weighted by Gasteiger charge is 2.31. The van der Waals surface area contributed by atoms with Crippen LogP contribution in [-0.4, -0.2) is 29.9 Å². The summed E-state index contributed by atoms with van der Waals surface area (Å²) in [6.07, 6.45) is 0. The Balaban J connectivity index is 2.20. The van der Waals surface area contributed by atoms with Crippen LogP contribution in [0.1, 0.15) is 17.3 Å². The first-order chi connectivity index (χ1) is 7.99. The number of rotatable bonds is 1. The van der Waals surface area contributed by atoms with Gasteiger partial charge in [-0.3, -0.25) is 4.79 Å². The van der Waals surface area contributed by atoms with Crippen LogP contribution >= 0.6 is 23.2 Å². The number of likely N-dealkylation sites (tertiary alicyclic amines) is 1. The van der Waals surface area contributed by atoms with Crippen molar-refractivity contribution in [2.45, 2.75) is 13.0 Å². The zero-order valence-corrected chi connectivity index (χ0v) is 11.0. The number of halogens is 2. The average molecular weight is 273 g/mol. The van der Waals surface area contributed by atoms with Gasteiger partial charge in [0.05, 0.1) is 10.6 Å². The zero-order chi connectivity index (χ0) is 12.6. The van der Waals surface area contributed by atoms with Crippen LogP contribution < -0.4 is 5.73 Å². The minimum Gasteiger partial charge on any atom is -0.337 e. The van der Waals surface area contributed by atoms with Gasteiger partial charge in [-0.1, -0.05) is 30.1 Å². The predicted octanol–water partition coefficient (Wildman–Crippen LogP) is 2.41. The Morgan fingerprint density at radius 2 is 2.12 bits per heavy atom. The second-order valence-electron chi connectivity index (χ2n) is 4.48. The molecule has 92 valence electrons. The van der Waals surface area contributed by atoms with Crippen molar-refractivity contribution in [1.82, 2.24) is 4.90 Å². The molecule has 1 aromatic rings. The van der Waals surface area contributed by atoms with Gasteiger partial charge in [0.1, 0.15) is 0 Å². The Labute approximate surface area is 110 Å². The third-order valence-electron chi connectivity index (χ3n) is 3.12. The van der Waals surface area contributed by atoms with Crippen LogP contribution in [0, 0.1) is 5.92 Å². The van der Waals surface area contributed by atoms with Crippen LogP contribution in [0.3, 0.4) is 0 Å². The zero-order valence-electron chi connectivity index (χ0n) is 9.49. The fourth-order valence-corrected chi connectivity index (χ4v) is 2.48. The number of hydrogen-bond donors (Lipinski definition) is 1. The van der Waals surface area contributed by atoms with Crippen molar-refractivity contribution in [3.8, 4) is 0 Å². The topological polar surface area (TPSA) is 46.3 Å². The molecular formula is C12H14Cl2N2O. The van der Waals surface area contributed by atoms with Crippen molar-refractivity contribution in [2.24, 2.45) is 11.7 Å². The van der Waals surface area contributed by atoms with E-state index in [4.69, 9.17) is 28.9 Å². The molecule has 1 amide bonds. The van der Waals surface area contributed by atoms with Crippen molar-refractivity contribution >= 4 is 29.1 Å². The van der Waals surface area contributed by atoms with E-state index in [1.807, 2.05) is 6.92 Å². The fraction of sp³-hybridized carbons (Fsp3) is 0.417. The number of benzene rings is 1. The third kappa shape index (κ3) is 2.57. The molecule has 1 fully saturated rings. The van der Waals surface area contributed by atoms with Crippen LogP contribution in [0.5, 0.6) is 0 Å². The summed E-state index contributed by atoms with van der Waals surface area (Å²) < 4.78 is 0. The van der Waals surface area contributed by atoms with E-state index in [9.17, 15) is 4.79 Å². The van der Waals surface area contributed by atoms with E-state index < -0.39 is 0 Å². The van der Waals surface area contributed by atoms with E-state index in [-0.39, 0.29) is 11.9 Å². The molecule has 0 bridgehead atoms. The monoisotopic (exact) mass is 272 g/mol. The number of carbonyl (C=O) groups is 1. The van der Waals surface area contributed by atoms with Gasteiger partial charge in [-0.05, 0) is 24.1 Å². The summed E-state index contributed by atoms with van der Waals surface area (Å²) in [7, 11) is 0. The first kappa shape index (κ1) is 12.7. The summed E-state index contributed by atoms with van der Waals surface area (Å²) in [6, 6.07) is 4.95. The Kier molecular flexibility index (Phi) is 3.61. The predicted molar refractivity (Wildman–Crippen MR) is 69.5 cm³/mol. The summed E-state index contributed by atoms with van der Waals surface area (Å²) in [6.45, 7) is 3.30. The van der Waals surface area contributed by atoms with E-state index in [0.717, 1.165) is 0 Å². The number of nitrogens with zero attached hydrogens (tertiary/aromatic N) is 1. The average Bonchev–Trinajstić information content (AvgIpc) is 2.58. The fourth-order valence-electron chi connectivity index (χ4n) is 1.99. The SMILES string of the molecule is CC1CN(C(=O)c2ccc(Cl)cc2Cl)CC1N. The highest BCUT2D eigenvalue weighted by Crippen LogP contribution is 2.24. The van der Waals surface area contributed by atoms with Gasteiger partial charge in [-0.2, -0.15) is 0 Å². The van der Waals surface area contributed by atoms with Crippen molar-refractivity contribution < 1.29 is 4.79 Å². The summed E-state index contributed by atoms with van der Waals surface area (Å²) in [5.41, 5.74) is 6.38. The maximum Gasteiger partial charge on any atom is 0.255 e. The lowest BCUT2D eigenvalue weighted by Gasteiger charge is -2.16. The summed E-state index contributed by atoms with van der Waals surface area (Å²) in [4.78, 5) is 14.0. The lowest BCUT2D eigenvalue weighted by molar-refractivity contribution is 0.0787. The molecule has 2 N–H and O–H groups in total. The van der Waals surface area contributed by atoms with Gasteiger partial charge in [-0.15, -0.1) is 0 Å². The van der Waals surface area contributed by atoms with Gasteiger partial charge < -0.3 is 10.6 Å². The van der Waals surface area contributed by atoms with Crippen molar-refractivity contribution in [3.05, 3.63) is 33.8 Å². The van der Waals surface area contributed by atoms with E-state index in [0.29, 0.717) is 34.6 Å². The van der Waals surface area contributed by atoms with Crippen molar-refractivity contribution in [1.29, 1.82) is 0 Å². The van der Waals surface area contributed by atoms with E-state index in [1.54, 1.807) is 23.1 Å². The lowest BCUT2D eigenvalue weighted by atomic mass is 10.1. The van der Waals surface area contributed by atoms with E-state index in [2.05, 4.69) is 0 Å². The molecule has 1 aliphatic rings. The molecular weight excluding hydrogens is 259 g/mol. The summed E-state index contributed by atoms with van der Waals surface area (Å²) in [5.74, 6) is 0.247. The van der Waals surface area contributed by atoms with Crippen LogP contribution in [-0.2, 0) is 0 Å². The Morgan fingerprint density at radius 1 is 1.41 bits per heavy atom. The van der Waals surface area contributed by atoms with Gasteiger partial charge >= 0.3 is 0 Å². The lowest BCUT2D eigenvalue weighted by Crippen LogP contribution is -2.32. The molecule has 2 rings (SSSR count). The smallest absolute Gasteiger partial charge is 0.255 e. The second kappa shape index (κ2) is 4.84. The Bertz CT molecular complexity index is 440. The molecule has 3 nitrogen and oxygen atoms in total. The van der Waals surface area contributed by atoms with Crippen LogP contribution in [0.4, 0.5) is 0 Å². The number of carbonyl (C=O) groups excluding carboxylic acids is 1. The molecule has 2 atom stereocenters. The largest absolute Gasteiger partial charge is 0.337 e. The van der Waals surface area contributed by atoms with E-state index >= 15 is 0 Å². The Morgan fingerprint density at radius 3 is 2.65 bits per heavy atom. The number of amides is 1. The quantitative estimate of drug-likeness (QED) is 0.854. The van der Waals surface area contributed by atoms with Gasteiger partial charge in [-0.25, -0.2) is 0 Å². The molecule has 17 heavy (non-hydrogen) atoms. The van der Waals surface area contributed by atoms with Crippen molar-refractivity contribution in [3.63, 3.8) is 0 Å². The molecule has 5 heteroatoms. The molecule has 0 spiro atoms. The van der Waals surface area contributed by atoms with Crippen LogP contribution in [0.25, 0.3) is 0 Å². The molecule has 1 aliphatic heterocycles. The molecule has 0 aliphatic carbocycles. The van der Waals surface area contributed by atoms with Gasteiger partial charge in [0.2, 0.25) is 0 Å². The summed E-state index contributed by atoms with van der Waals surface area (Å²) in [5, 5.41) is 0.911. The first-order valence-corrected chi connectivity index (χ1v) is 6.24. The molecule has 0 saturated carbocycles. The first-order valence-electron chi connectivity index (χ1n) is 5.49. The highest BCUT2D eigenvalue weighted by atomic mass is 35.5. The van der Waals surface area contributed by atoms with Crippen LogP contribution in [0.2, 0.25) is 10.0 Å². The molecule has 0 radical (unpaired) electrons. The Hall–Kier alpha value is -0.770. The minimum atomic E-state index is -0.0773. The molecule has 0 aromatic heterocycles. The molecule has 1 heterocycles. The van der Waals surface area contributed by atoms with Gasteiger partial charge in [0.15, 0.2) is 0 Å². The highest BCUT2D eigenvalue weighted by molar-refractivity contribution is 6.36. The minimum absolute atomic E-state index is 0.0463. The normalized spacial score (nSPS) is 24.1. The van der Waals surface area contributed by atoms with Crippen molar-refractivity contribution in [2.75, 3.05) is 13.1 Å². The molecule has 1 saturated heterocycles. The second-order valence-corrected chi connectivity index (χ2v) is 5.32. The van der Waals surface area contributed by atoms with Gasteiger partial charge in [0, 0.05) is 24.2 Å². The van der Waals surface area contributed by atoms with Gasteiger partial charge in [0.25, 0.3) is 5.91 Å². The maximum absolute atomic E-state index is 12.2. The standard InChI is InChI=1S/C12H14Cl2N2O/c1-7-5-16(6-11(7)15)12(17)9-3-2-8(13)4-10(9)14/h2-4,7,11H,5-6,15H2,1H3. The number of hydrogen-bond acceptors (Lipinski definition) is 2. The van der Waals surface area contributed by atoms with E-state index in [1.165, 1.54) is 0 Å². The number of nitrogens with two attached hydrogens (primary N) is 1. The molecule has 1 aromatic carbocycles. The van der Waals surface area contributed by atoms with Crippen LogP contribution in [0.15, 0.2) is 18.2 Å². The maximum atomic E-state index is 12.2. The third-order valence-corrected chi connectivity index (χ3v) is 3.67. The molecule has 2 unspecified atom stereocenters.